The highest BCUT2D eigenvalue weighted by molar-refractivity contribution is 5.86. The van der Waals surface area contributed by atoms with Crippen molar-refractivity contribution in [2.45, 2.75) is 40.2 Å². The molecule has 0 saturated heterocycles. The topological polar surface area (TPSA) is 33.1 Å². The van der Waals surface area contributed by atoms with Gasteiger partial charge in [0.05, 0.1) is 12.1 Å². The van der Waals surface area contributed by atoms with Gasteiger partial charge in [-0.2, -0.15) is 0 Å². The summed E-state index contributed by atoms with van der Waals surface area (Å²) < 4.78 is 0. The summed E-state index contributed by atoms with van der Waals surface area (Å²) in [5.41, 5.74) is 5.43. The number of aryl methyl sites for hydroxylation is 2. The van der Waals surface area contributed by atoms with E-state index in [-0.39, 0.29) is 6.61 Å². The zero-order valence-electron chi connectivity index (χ0n) is 10.9. The Labute approximate surface area is 102 Å². The molecule has 1 aromatic heterocycles. The lowest BCUT2D eigenvalue weighted by atomic mass is 9.98. The highest BCUT2D eigenvalue weighted by Gasteiger charge is 2.10. The van der Waals surface area contributed by atoms with Crippen molar-refractivity contribution < 1.29 is 5.11 Å². The van der Waals surface area contributed by atoms with Gasteiger partial charge in [-0.25, -0.2) is 0 Å². The fourth-order valence-electron chi connectivity index (χ4n) is 2.29. The highest BCUT2D eigenvalue weighted by atomic mass is 16.3. The van der Waals surface area contributed by atoms with Gasteiger partial charge in [0.25, 0.3) is 0 Å². The summed E-state index contributed by atoms with van der Waals surface area (Å²) in [5, 5.41) is 10.6. The first kappa shape index (κ1) is 12.1. The molecule has 0 unspecified atom stereocenters. The van der Waals surface area contributed by atoms with Crippen LogP contribution < -0.4 is 0 Å². The van der Waals surface area contributed by atoms with Crippen molar-refractivity contribution in [3.63, 3.8) is 0 Å². The largest absolute Gasteiger partial charge is 0.392 e. The number of pyridine rings is 1. The van der Waals surface area contributed by atoms with E-state index in [2.05, 4.69) is 39.8 Å². The van der Waals surface area contributed by atoms with E-state index >= 15 is 0 Å². The van der Waals surface area contributed by atoms with Crippen molar-refractivity contribution >= 4 is 10.9 Å². The summed E-state index contributed by atoms with van der Waals surface area (Å²) in [6.07, 6.45) is 0. The molecule has 2 rings (SSSR count). The van der Waals surface area contributed by atoms with Crippen LogP contribution in [0, 0.1) is 13.8 Å². The first-order valence-electron chi connectivity index (χ1n) is 6.04. The maximum absolute atomic E-state index is 9.51. The molecule has 2 nitrogen and oxygen atoms in total. The Bertz CT molecular complexity index is 558. The molecular formula is C15H19NO. The standard InChI is InChI=1S/C15H19NO/c1-9(2)13-7-12(8-17)15-11(4)5-10(3)6-14(15)16-13/h5-7,9,17H,8H2,1-4H3. The molecular weight excluding hydrogens is 210 g/mol. The summed E-state index contributed by atoms with van der Waals surface area (Å²) >= 11 is 0. The van der Waals surface area contributed by atoms with Crippen LogP contribution in [0.1, 0.15) is 42.1 Å². The van der Waals surface area contributed by atoms with Crippen molar-refractivity contribution in [3.8, 4) is 0 Å². The highest BCUT2D eigenvalue weighted by Crippen LogP contribution is 2.26. The van der Waals surface area contributed by atoms with Crippen LogP contribution in [0.3, 0.4) is 0 Å². The third-order valence-electron chi connectivity index (χ3n) is 3.11. The predicted octanol–water partition coefficient (Wildman–Crippen LogP) is 3.47. The van der Waals surface area contributed by atoms with Gasteiger partial charge < -0.3 is 5.11 Å². The molecule has 0 aliphatic heterocycles. The molecule has 2 heteroatoms. The van der Waals surface area contributed by atoms with Gasteiger partial charge in [0, 0.05) is 11.1 Å². The van der Waals surface area contributed by atoms with Crippen molar-refractivity contribution in [1.29, 1.82) is 0 Å². The molecule has 2 aromatic rings. The van der Waals surface area contributed by atoms with E-state index in [1.54, 1.807) is 0 Å². The quantitative estimate of drug-likeness (QED) is 0.855. The lowest BCUT2D eigenvalue weighted by Gasteiger charge is -2.12. The summed E-state index contributed by atoms with van der Waals surface area (Å²) in [6, 6.07) is 6.25. The molecule has 0 aliphatic rings. The summed E-state index contributed by atoms with van der Waals surface area (Å²) in [6.45, 7) is 8.47. The molecule has 0 saturated carbocycles. The van der Waals surface area contributed by atoms with Gasteiger partial charge in [0.15, 0.2) is 0 Å². The second-order valence-electron chi connectivity index (χ2n) is 5.00. The minimum Gasteiger partial charge on any atom is -0.392 e. The number of hydrogen-bond acceptors (Lipinski definition) is 2. The van der Waals surface area contributed by atoms with Crippen LogP contribution in [0.25, 0.3) is 10.9 Å². The first-order chi connectivity index (χ1) is 8.02. The van der Waals surface area contributed by atoms with Crippen LogP contribution in [0.4, 0.5) is 0 Å². The van der Waals surface area contributed by atoms with Crippen LogP contribution in [0.2, 0.25) is 0 Å². The van der Waals surface area contributed by atoms with Crippen molar-refractivity contribution in [1.82, 2.24) is 4.98 Å². The number of fused-ring (bicyclic) bond motifs is 1. The Balaban J connectivity index is 2.82. The fourth-order valence-corrected chi connectivity index (χ4v) is 2.29. The van der Waals surface area contributed by atoms with Gasteiger partial charge in [0.2, 0.25) is 0 Å². The maximum Gasteiger partial charge on any atom is 0.0714 e. The van der Waals surface area contributed by atoms with Crippen molar-refractivity contribution in [2.24, 2.45) is 0 Å². The van der Waals surface area contributed by atoms with Crippen LogP contribution in [-0.2, 0) is 6.61 Å². The third-order valence-corrected chi connectivity index (χ3v) is 3.11. The molecule has 0 radical (unpaired) electrons. The Morgan fingerprint density at radius 1 is 1.18 bits per heavy atom. The second-order valence-corrected chi connectivity index (χ2v) is 5.00. The number of hydrogen-bond donors (Lipinski definition) is 1. The third kappa shape index (κ3) is 2.18. The Hall–Kier alpha value is -1.41. The molecule has 0 spiro atoms. The predicted molar refractivity (Wildman–Crippen MR) is 71.2 cm³/mol. The van der Waals surface area contributed by atoms with Gasteiger partial charge in [-0.15, -0.1) is 0 Å². The van der Waals surface area contributed by atoms with E-state index in [4.69, 9.17) is 4.98 Å². The zero-order chi connectivity index (χ0) is 12.6. The van der Waals surface area contributed by atoms with Gasteiger partial charge in [-0.3, -0.25) is 4.98 Å². The SMILES string of the molecule is Cc1cc(C)c2c(CO)cc(C(C)C)nc2c1. The fraction of sp³-hybridized carbons (Fsp3) is 0.400. The molecule has 0 aliphatic carbocycles. The maximum atomic E-state index is 9.51. The molecule has 1 heterocycles. The number of aliphatic hydroxyl groups is 1. The smallest absolute Gasteiger partial charge is 0.0714 e. The molecule has 1 aromatic carbocycles. The molecule has 0 amide bonds. The molecule has 1 N–H and O–H groups in total. The second kappa shape index (κ2) is 4.46. The normalized spacial score (nSPS) is 11.4. The Morgan fingerprint density at radius 3 is 2.47 bits per heavy atom. The molecule has 0 atom stereocenters. The van der Waals surface area contributed by atoms with Crippen LogP contribution in [-0.4, -0.2) is 10.1 Å². The Kier molecular flexibility index (Phi) is 3.16. The van der Waals surface area contributed by atoms with Crippen molar-refractivity contribution in [3.05, 3.63) is 40.6 Å². The molecule has 0 fully saturated rings. The van der Waals surface area contributed by atoms with Crippen LogP contribution in [0.15, 0.2) is 18.2 Å². The number of nitrogens with zero attached hydrogens (tertiary/aromatic N) is 1. The summed E-state index contributed by atoms with van der Waals surface area (Å²) in [4.78, 5) is 4.69. The van der Waals surface area contributed by atoms with Gasteiger partial charge in [-0.05, 0) is 48.6 Å². The molecule has 0 bridgehead atoms. The monoisotopic (exact) mass is 229 g/mol. The zero-order valence-corrected chi connectivity index (χ0v) is 10.9. The number of aliphatic hydroxyl groups excluding tert-OH is 1. The van der Waals surface area contributed by atoms with E-state index in [0.29, 0.717) is 5.92 Å². The molecule has 90 valence electrons. The number of aromatic nitrogens is 1. The van der Waals surface area contributed by atoms with E-state index < -0.39 is 0 Å². The van der Waals surface area contributed by atoms with Crippen LogP contribution >= 0.6 is 0 Å². The summed E-state index contributed by atoms with van der Waals surface area (Å²) in [7, 11) is 0. The van der Waals surface area contributed by atoms with Gasteiger partial charge >= 0.3 is 0 Å². The van der Waals surface area contributed by atoms with Crippen molar-refractivity contribution in [2.75, 3.05) is 0 Å². The molecule has 17 heavy (non-hydrogen) atoms. The van der Waals surface area contributed by atoms with Crippen LogP contribution in [0.5, 0.6) is 0 Å². The minimum atomic E-state index is 0.0721. The minimum absolute atomic E-state index is 0.0721. The number of rotatable bonds is 2. The first-order valence-corrected chi connectivity index (χ1v) is 6.04. The lowest BCUT2D eigenvalue weighted by molar-refractivity contribution is 0.283. The van der Waals surface area contributed by atoms with E-state index in [9.17, 15) is 5.11 Å². The average Bonchev–Trinajstić information content (AvgIpc) is 2.26. The lowest BCUT2D eigenvalue weighted by Crippen LogP contribution is -1.99. The van der Waals surface area contributed by atoms with E-state index in [1.165, 1.54) is 11.1 Å². The van der Waals surface area contributed by atoms with E-state index in [1.807, 2.05) is 6.07 Å². The summed E-state index contributed by atoms with van der Waals surface area (Å²) in [5.74, 6) is 0.380. The van der Waals surface area contributed by atoms with Gasteiger partial charge in [0.1, 0.15) is 0 Å². The Morgan fingerprint density at radius 2 is 1.88 bits per heavy atom. The van der Waals surface area contributed by atoms with E-state index in [0.717, 1.165) is 22.2 Å². The average molecular weight is 229 g/mol. The number of benzene rings is 1. The van der Waals surface area contributed by atoms with Gasteiger partial charge in [-0.1, -0.05) is 19.9 Å².